The molecule has 0 aromatic heterocycles. The molecule has 0 fully saturated rings. The summed E-state index contributed by atoms with van der Waals surface area (Å²) in [5.74, 6) is 0. The lowest BCUT2D eigenvalue weighted by Crippen LogP contribution is -2.15. The lowest BCUT2D eigenvalue weighted by Gasteiger charge is -2.13. The topological polar surface area (TPSA) is 26.0 Å². The van der Waals surface area contributed by atoms with Crippen molar-refractivity contribution in [3.05, 3.63) is 34.9 Å². The van der Waals surface area contributed by atoms with E-state index >= 15 is 0 Å². The summed E-state index contributed by atoms with van der Waals surface area (Å²) in [6, 6.07) is 5.40. The van der Waals surface area contributed by atoms with E-state index in [0.29, 0.717) is 0 Å². The van der Waals surface area contributed by atoms with Crippen LogP contribution in [-0.4, -0.2) is 6.67 Å². The van der Waals surface area contributed by atoms with Crippen molar-refractivity contribution in [1.29, 1.82) is 0 Å². The number of hydrogen-bond acceptors (Lipinski definition) is 1. The van der Waals surface area contributed by atoms with E-state index in [1.165, 1.54) is 0 Å². The molecular weight excluding hydrogens is 153 g/mol. The van der Waals surface area contributed by atoms with E-state index in [-0.39, 0.29) is 0 Å². The van der Waals surface area contributed by atoms with E-state index in [1.807, 2.05) is 32.0 Å². The van der Waals surface area contributed by atoms with Crippen LogP contribution < -0.4 is 5.73 Å². The third-order valence-corrected chi connectivity index (χ3v) is 2.08. The summed E-state index contributed by atoms with van der Waals surface area (Å²) in [6.07, 6.45) is 0. The van der Waals surface area contributed by atoms with Gasteiger partial charge in [-0.25, -0.2) is 4.39 Å². The highest BCUT2D eigenvalue weighted by Crippen LogP contribution is 2.19. The minimum Gasteiger partial charge on any atom is -0.322 e. The fraction of sp³-hybridized carbons (Fsp3) is 0.400. The van der Waals surface area contributed by atoms with Crippen molar-refractivity contribution in [1.82, 2.24) is 0 Å². The van der Waals surface area contributed by atoms with Gasteiger partial charge >= 0.3 is 0 Å². The second kappa shape index (κ2) is 3.68. The zero-order chi connectivity index (χ0) is 9.14. The minimum atomic E-state index is -0.494. The van der Waals surface area contributed by atoms with Gasteiger partial charge in [0, 0.05) is 0 Å². The highest BCUT2D eigenvalue weighted by atomic mass is 19.1. The van der Waals surface area contributed by atoms with Crippen LogP contribution in [0.4, 0.5) is 4.39 Å². The fourth-order valence-electron chi connectivity index (χ4n) is 1.49. The predicted molar refractivity (Wildman–Crippen MR) is 48.8 cm³/mol. The number of rotatable bonds is 2. The SMILES string of the molecule is Cc1cccc(C)c1[C@@H](N)CF. The zero-order valence-electron chi connectivity index (χ0n) is 7.47. The van der Waals surface area contributed by atoms with Gasteiger partial charge in [0.25, 0.3) is 0 Å². The van der Waals surface area contributed by atoms with Gasteiger partial charge in [0.1, 0.15) is 6.67 Å². The summed E-state index contributed by atoms with van der Waals surface area (Å²) < 4.78 is 12.3. The molecule has 0 radical (unpaired) electrons. The Hall–Kier alpha value is -0.890. The molecule has 0 saturated heterocycles. The summed E-state index contributed by atoms with van der Waals surface area (Å²) in [4.78, 5) is 0. The first kappa shape index (κ1) is 9.20. The number of halogens is 1. The Labute approximate surface area is 72.4 Å². The molecule has 1 atom stereocenters. The highest BCUT2D eigenvalue weighted by Gasteiger charge is 2.10. The molecule has 12 heavy (non-hydrogen) atoms. The number of alkyl halides is 1. The van der Waals surface area contributed by atoms with Crippen LogP contribution in [0.2, 0.25) is 0 Å². The van der Waals surface area contributed by atoms with Crippen molar-refractivity contribution in [3.63, 3.8) is 0 Å². The molecule has 0 spiro atoms. The standard InChI is InChI=1S/C10H14FN/c1-7-4-3-5-8(2)10(7)9(12)6-11/h3-5,9H,6,12H2,1-2H3/t9-/m0/s1. The smallest absolute Gasteiger partial charge is 0.109 e. The molecule has 66 valence electrons. The molecule has 1 nitrogen and oxygen atoms in total. The second-order valence-corrected chi connectivity index (χ2v) is 3.07. The van der Waals surface area contributed by atoms with Crippen molar-refractivity contribution in [2.24, 2.45) is 5.73 Å². The maximum Gasteiger partial charge on any atom is 0.109 e. The van der Waals surface area contributed by atoms with Gasteiger partial charge in [0.05, 0.1) is 6.04 Å². The molecule has 1 rings (SSSR count). The Balaban J connectivity index is 3.12. The van der Waals surface area contributed by atoms with E-state index in [1.54, 1.807) is 0 Å². The molecule has 0 heterocycles. The molecule has 1 aromatic carbocycles. The van der Waals surface area contributed by atoms with E-state index < -0.39 is 12.7 Å². The van der Waals surface area contributed by atoms with Gasteiger partial charge < -0.3 is 5.73 Å². The normalized spacial score (nSPS) is 13.0. The number of hydrogen-bond donors (Lipinski definition) is 1. The molecule has 1 aromatic rings. The van der Waals surface area contributed by atoms with E-state index in [2.05, 4.69) is 0 Å². The van der Waals surface area contributed by atoms with Crippen LogP contribution in [-0.2, 0) is 0 Å². The lowest BCUT2D eigenvalue weighted by atomic mass is 9.97. The van der Waals surface area contributed by atoms with Crippen LogP contribution in [0.25, 0.3) is 0 Å². The van der Waals surface area contributed by atoms with Crippen LogP contribution in [0.15, 0.2) is 18.2 Å². The van der Waals surface area contributed by atoms with Crippen LogP contribution in [0.1, 0.15) is 22.7 Å². The van der Waals surface area contributed by atoms with Gasteiger partial charge in [-0.1, -0.05) is 18.2 Å². The third-order valence-electron chi connectivity index (χ3n) is 2.08. The Morgan fingerprint density at radius 2 is 1.83 bits per heavy atom. The fourth-order valence-corrected chi connectivity index (χ4v) is 1.49. The number of benzene rings is 1. The largest absolute Gasteiger partial charge is 0.322 e. The van der Waals surface area contributed by atoms with E-state index in [9.17, 15) is 4.39 Å². The zero-order valence-corrected chi connectivity index (χ0v) is 7.47. The number of aryl methyl sites for hydroxylation is 2. The van der Waals surface area contributed by atoms with Crippen LogP contribution >= 0.6 is 0 Å². The van der Waals surface area contributed by atoms with Crippen molar-refractivity contribution < 1.29 is 4.39 Å². The summed E-state index contributed by atoms with van der Waals surface area (Å²) in [5, 5.41) is 0. The van der Waals surface area contributed by atoms with E-state index in [4.69, 9.17) is 5.73 Å². The summed E-state index contributed by atoms with van der Waals surface area (Å²) >= 11 is 0. The molecule has 0 unspecified atom stereocenters. The molecule has 0 aliphatic heterocycles. The molecule has 0 aliphatic rings. The first-order valence-corrected chi connectivity index (χ1v) is 4.04. The maximum atomic E-state index is 12.3. The molecule has 2 N–H and O–H groups in total. The molecule has 0 amide bonds. The van der Waals surface area contributed by atoms with Crippen molar-refractivity contribution >= 4 is 0 Å². The summed E-state index contributed by atoms with van der Waals surface area (Å²) in [6.45, 7) is 3.42. The molecule has 0 aliphatic carbocycles. The molecule has 0 saturated carbocycles. The highest BCUT2D eigenvalue weighted by molar-refractivity contribution is 5.35. The van der Waals surface area contributed by atoms with Crippen LogP contribution in [0, 0.1) is 13.8 Å². The van der Waals surface area contributed by atoms with Gasteiger partial charge in [0.15, 0.2) is 0 Å². The predicted octanol–water partition coefficient (Wildman–Crippen LogP) is 2.27. The van der Waals surface area contributed by atoms with Crippen LogP contribution in [0.5, 0.6) is 0 Å². The van der Waals surface area contributed by atoms with Crippen molar-refractivity contribution in [2.75, 3.05) is 6.67 Å². The van der Waals surface area contributed by atoms with Gasteiger partial charge in [-0.05, 0) is 30.5 Å². The van der Waals surface area contributed by atoms with Crippen molar-refractivity contribution in [2.45, 2.75) is 19.9 Å². The summed E-state index contributed by atoms with van der Waals surface area (Å²) in [5.41, 5.74) is 8.70. The average molecular weight is 167 g/mol. The Bertz CT molecular complexity index is 250. The lowest BCUT2D eigenvalue weighted by molar-refractivity contribution is 0.435. The minimum absolute atomic E-state index is 0.466. The molecule has 2 heteroatoms. The quantitative estimate of drug-likeness (QED) is 0.718. The van der Waals surface area contributed by atoms with E-state index in [0.717, 1.165) is 16.7 Å². The average Bonchev–Trinajstić information content (AvgIpc) is 2.03. The number of nitrogens with two attached hydrogens (primary N) is 1. The Morgan fingerprint density at radius 3 is 2.25 bits per heavy atom. The van der Waals surface area contributed by atoms with Crippen molar-refractivity contribution in [3.8, 4) is 0 Å². The first-order chi connectivity index (χ1) is 5.66. The second-order valence-electron chi connectivity index (χ2n) is 3.07. The van der Waals surface area contributed by atoms with Gasteiger partial charge in [0.2, 0.25) is 0 Å². The van der Waals surface area contributed by atoms with Gasteiger partial charge in [-0.3, -0.25) is 0 Å². The summed E-state index contributed by atoms with van der Waals surface area (Å²) in [7, 11) is 0. The molecule has 0 bridgehead atoms. The Morgan fingerprint density at radius 1 is 1.33 bits per heavy atom. The van der Waals surface area contributed by atoms with Gasteiger partial charge in [-0.15, -0.1) is 0 Å². The van der Waals surface area contributed by atoms with Crippen LogP contribution in [0.3, 0.4) is 0 Å². The monoisotopic (exact) mass is 167 g/mol. The first-order valence-electron chi connectivity index (χ1n) is 4.04. The maximum absolute atomic E-state index is 12.3. The molecular formula is C10H14FN. The van der Waals surface area contributed by atoms with Gasteiger partial charge in [-0.2, -0.15) is 0 Å². The Kier molecular flexibility index (Phi) is 2.82. The third kappa shape index (κ3) is 1.64.